The lowest BCUT2D eigenvalue weighted by molar-refractivity contribution is -0.149. The number of hydrogen-bond donors (Lipinski definition) is 1. The van der Waals surface area contributed by atoms with Crippen molar-refractivity contribution in [1.82, 2.24) is 4.31 Å². The third kappa shape index (κ3) is 11.9. The van der Waals surface area contributed by atoms with Gasteiger partial charge in [-0.2, -0.15) is 12.7 Å². The zero-order valence-electron chi connectivity index (χ0n) is 23.7. The van der Waals surface area contributed by atoms with E-state index in [0.717, 1.165) is 17.5 Å². The molecule has 0 radical (unpaired) electrons. The summed E-state index contributed by atoms with van der Waals surface area (Å²) in [5, 5.41) is 0. The van der Waals surface area contributed by atoms with Crippen LogP contribution >= 0.6 is 0 Å². The summed E-state index contributed by atoms with van der Waals surface area (Å²) in [4.78, 5) is 35.8. The fourth-order valence-electron chi connectivity index (χ4n) is 3.20. The van der Waals surface area contributed by atoms with Crippen molar-refractivity contribution in [2.24, 2.45) is 5.73 Å². The molecule has 226 valence electrons. The first-order valence-corrected chi connectivity index (χ1v) is 14.4. The van der Waals surface area contributed by atoms with E-state index in [2.05, 4.69) is 4.18 Å². The van der Waals surface area contributed by atoms with Gasteiger partial charge in [-0.15, -0.1) is 0 Å². The molecule has 12 nitrogen and oxygen atoms in total. The second kappa shape index (κ2) is 16.1. The zero-order valence-corrected chi connectivity index (χ0v) is 24.5. The molecule has 0 saturated carbocycles. The van der Waals surface area contributed by atoms with Crippen molar-refractivity contribution in [3.8, 4) is 0 Å². The van der Waals surface area contributed by atoms with Gasteiger partial charge in [0.15, 0.2) is 6.04 Å². The number of carbonyl (C=O) groups is 3. The van der Waals surface area contributed by atoms with Crippen LogP contribution < -0.4 is 5.73 Å². The molecule has 0 spiro atoms. The maximum atomic E-state index is 12.2. The molecule has 2 atom stereocenters. The predicted octanol–water partition coefficient (Wildman–Crippen LogP) is 3.09. The van der Waals surface area contributed by atoms with E-state index in [4.69, 9.17) is 24.7 Å². The number of amides is 1. The van der Waals surface area contributed by atoms with Gasteiger partial charge in [0.05, 0.1) is 6.61 Å². The molecule has 41 heavy (non-hydrogen) atoms. The van der Waals surface area contributed by atoms with Gasteiger partial charge in [0.1, 0.15) is 31.5 Å². The fraction of sp³-hybridized carbons (Fsp3) is 0.464. The highest BCUT2D eigenvalue weighted by Crippen LogP contribution is 2.23. The molecule has 1 aliphatic rings. The second-order valence-electron chi connectivity index (χ2n) is 9.90. The number of hydrogen-bond acceptors (Lipinski definition) is 11. The van der Waals surface area contributed by atoms with Crippen molar-refractivity contribution in [3.05, 3.63) is 71.8 Å². The van der Waals surface area contributed by atoms with E-state index in [9.17, 15) is 22.8 Å². The summed E-state index contributed by atoms with van der Waals surface area (Å²) in [6.07, 6.45) is -0.271. The standard InChI is InChI=1S/C15H19NO7S.C13H19NO3/c1-15(2,3)23-14(18)16-12(10-22-24(16,19)20)13(17)21-9-11-7-5-4-6-8-11;1-2-8-16-10-12(14)13(15)17-9-11-6-4-3-5-7-11/h4-8,12H,9-10H2,1-3H3;3-7,12H,2,8-10,14H2,1H3/t2*12-/m11/s1. The number of carbonyl (C=O) groups excluding carboxylic acids is 3. The van der Waals surface area contributed by atoms with Crippen molar-refractivity contribution in [1.29, 1.82) is 0 Å². The molecule has 0 bridgehead atoms. The first-order valence-electron chi connectivity index (χ1n) is 13.0. The molecule has 13 heteroatoms. The highest BCUT2D eigenvalue weighted by molar-refractivity contribution is 7.85. The van der Waals surface area contributed by atoms with E-state index in [1.807, 2.05) is 43.3 Å². The second-order valence-corrected chi connectivity index (χ2v) is 11.4. The minimum absolute atomic E-state index is 0.0433. The molecule has 1 aliphatic heterocycles. The topological polar surface area (TPSA) is 161 Å². The zero-order chi connectivity index (χ0) is 30.5. The van der Waals surface area contributed by atoms with E-state index in [-0.39, 0.29) is 24.1 Å². The summed E-state index contributed by atoms with van der Waals surface area (Å²) in [5.74, 6) is -1.31. The average Bonchev–Trinajstić information content (AvgIpc) is 3.26. The van der Waals surface area contributed by atoms with Crippen LogP contribution in [0, 0.1) is 0 Å². The summed E-state index contributed by atoms with van der Waals surface area (Å²) in [7, 11) is -4.38. The number of benzene rings is 2. The molecule has 0 aliphatic carbocycles. The van der Waals surface area contributed by atoms with Crippen LogP contribution in [0.5, 0.6) is 0 Å². The molecule has 2 aromatic rings. The van der Waals surface area contributed by atoms with Crippen molar-refractivity contribution in [2.75, 3.05) is 19.8 Å². The molecule has 1 fully saturated rings. The summed E-state index contributed by atoms with van der Waals surface area (Å²) in [6, 6.07) is 16.3. The Labute approximate surface area is 240 Å². The number of nitrogens with two attached hydrogens (primary N) is 1. The number of ether oxygens (including phenoxy) is 4. The van der Waals surface area contributed by atoms with Crippen molar-refractivity contribution < 1.29 is 45.9 Å². The molecule has 0 aromatic heterocycles. The molecule has 1 saturated heterocycles. The van der Waals surface area contributed by atoms with E-state index in [0.29, 0.717) is 6.61 Å². The maximum Gasteiger partial charge on any atom is 0.426 e. The first kappa shape index (κ1) is 33.7. The number of rotatable bonds is 10. The van der Waals surface area contributed by atoms with Gasteiger partial charge in [0, 0.05) is 6.61 Å². The minimum Gasteiger partial charge on any atom is -0.460 e. The van der Waals surface area contributed by atoms with Crippen molar-refractivity contribution >= 4 is 28.3 Å². The molecule has 1 amide bonds. The Bertz CT molecular complexity index is 1220. The lowest BCUT2D eigenvalue weighted by Gasteiger charge is -2.25. The van der Waals surface area contributed by atoms with Crippen LogP contribution in [0.3, 0.4) is 0 Å². The van der Waals surface area contributed by atoms with Crippen LogP contribution in [0.4, 0.5) is 4.79 Å². The first-order chi connectivity index (χ1) is 19.3. The van der Waals surface area contributed by atoms with E-state index in [1.165, 1.54) is 0 Å². The van der Waals surface area contributed by atoms with Crippen LogP contribution in [0.2, 0.25) is 0 Å². The van der Waals surface area contributed by atoms with Gasteiger partial charge in [-0.25, -0.2) is 9.59 Å². The summed E-state index contributed by atoms with van der Waals surface area (Å²) in [6.45, 7) is 7.26. The molecule has 2 N–H and O–H groups in total. The molecule has 1 heterocycles. The van der Waals surface area contributed by atoms with Crippen LogP contribution in [-0.2, 0) is 56.2 Å². The Kier molecular flexibility index (Phi) is 13.2. The summed E-state index contributed by atoms with van der Waals surface area (Å²) < 4.78 is 49.0. The quantitative estimate of drug-likeness (QED) is 0.244. The van der Waals surface area contributed by atoms with Gasteiger partial charge in [0.2, 0.25) is 0 Å². The average molecular weight is 595 g/mol. The van der Waals surface area contributed by atoms with Gasteiger partial charge in [-0.3, -0.25) is 8.98 Å². The Balaban J connectivity index is 0.000000305. The number of nitrogens with zero attached hydrogens (tertiary/aromatic N) is 1. The highest BCUT2D eigenvalue weighted by Gasteiger charge is 2.49. The third-order valence-corrected chi connectivity index (χ3v) is 6.46. The van der Waals surface area contributed by atoms with E-state index >= 15 is 0 Å². The van der Waals surface area contributed by atoms with Crippen molar-refractivity contribution in [3.63, 3.8) is 0 Å². The Morgan fingerprint density at radius 1 is 0.976 bits per heavy atom. The third-order valence-electron chi connectivity index (χ3n) is 5.14. The Morgan fingerprint density at radius 3 is 2.02 bits per heavy atom. The molecule has 3 rings (SSSR count). The lowest BCUT2D eigenvalue weighted by Crippen LogP contribution is -2.46. The summed E-state index contributed by atoms with van der Waals surface area (Å²) in [5.41, 5.74) is 6.38. The van der Waals surface area contributed by atoms with Gasteiger partial charge < -0.3 is 24.7 Å². The monoisotopic (exact) mass is 594 g/mol. The van der Waals surface area contributed by atoms with Crippen LogP contribution in [0.25, 0.3) is 0 Å². The van der Waals surface area contributed by atoms with Gasteiger partial charge in [0.25, 0.3) is 0 Å². The van der Waals surface area contributed by atoms with Crippen LogP contribution in [-0.4, -0.2) is 68.3 Å². The lowest BCUT2D eigenvalue weighted by atomic mass is 10.2. The smallest absolute Gasteiger partial charge is 0.426 e. The highest BCUT2D eigenvalue weighted by atomic mass is 32.2. The molecular weight excluding hydrogens is 556 g/mol. The van der Waals surface area contributed by atoms with Crippen LogP contribution in [0.1, 0.15) is 45.2 Å². The largest absolute Gasteiger partial charge is 0.460 e. The Hall–Kier alpha value is -3.52. The Morgan fingerprint density at radius 2 is 1.51 bits per heavy atom. The minimum atomic E-state index is -4.38. The van der Waals surface area contributed by atoms with E-state index in [1.54, 1.807) is 45.0 Å². The van der Waals surface area contributed by atoms with Crippen molar-refractivity contribution in [2.45, 2.75) is 65.0 Å². The molecular formula is C28H38N2O10S. The van der Waals surface area contributed by atoms with Gasteiger partial charge in [-0.1, -0.05) is 67.6 Å². The van der Waals surface area contributed by atoms with Crippen LogP contribution in [0.15, 0.2) is 60.7 Å². The fourth-order valence-corrected chi connectivity index (χ4v) is 4.30. The van der Waals surface area contributed by atoms with Gasteiger partial charge in [-0.05, 0) is 38.3 Å². The normalized spacial score (nSPS) is 16.6. The maximum absolute atomic E-state index is 12.2. The van der Waals surface area contributed by atoms with Gasteiger partial charge >= 0.3 is 28.3 Å². The molecule has 0 unspecified atom stereocenters. The van der Waals surface area contributed by atoms with E-state index < -0.39 is 52.6 Å². The predicted molar refractivity (Wildman–Crippen MR) is 148 cm³/mol. The molecule has 2 aromatic carbocycles. The summed E-state index contributed by atoms with van der Waals surface area (Å²) >= 11 is 0. The number of esters is 2. The SMILES string of the molecule is CC(C)(C)OC(=O)N1[C@@H](C(=O)OCc2ccccc2)COS1(=O)=O.CCCOC[C@@H](N)C(=O)OCc1ccccc1.